The average molecular weight is 305 g/mol. The van der Waals surface area contributed by atoms with Crippen molar-refractivity contribution in [3.05, 3.63) is 42.0 Å². The Kier molecular flexibility index (Phi) is 3.50. The Bertz CT molecular complexity index is 691. The Morgan fingerprint density at radius 3 is 2.48 bits per heavy atom. The molecule has 5 heteroatoms. The van der Waals surface area contributed by atoms with Gasteiger partial charge >= 0.3 is 0 Å². The van der Waals surface area contributed by atoms with Gasteiger partial charge in [-0.1, -0.05) is 36.8 Å². The molecule has 1 fully saturated rings. The number of fused-ring (bicyclic) bond motifs is 2. The van der Waals surface area contributed by atoms with Gasteiger partial charge in [-0.15, -0.1) is 0 Å². The lowest BCUT2D eigenvalue weighted by molar-refractivity contribution is -0.126. The number of carbonyl (C=O) groups is 1. The predicted octanol–water partition coefficient (Wildman–Crippen LogP) is 2.29. The normalized spacial score (nSPS) is 29.0. The van der Waals surface area contributed by atoms with Crippen LogP contribution in [0.15, 0.2) is 41.3 Å². The first kappa shape index (κ1) is 14.5. The minimum absolute atomic E-state index is 0.174. The molecule has 112 valence electrons. The number of benzene rings is 1. The predicted molar refractivity (Wildman–Crippen MR) is 80.3 cm³/mol. The first-order chi connectivity index (χ1) is 9.95. The van der Waals surface area contributed by atoms with Crippen LogP contribution in [-0.2, 0) is 14.8 Å². The summed E-state index contributed by atoms with van der Waals surface area (Å²) in [6.45, 7) is 3.86. The zero-order chi connectivity index (χ0) is 15.2. The summed E-state index contributed by atoms with van der Waals surface area (Å²) in [5, 5.41) is 0. The molecule has 2 heterocycles. The van der Waals surface area contributed by atoms with Crippen LogP contribution in [0.25, 0.3) is 0 Å². The molecule has 0 aliphatic carbocycles. The fourth-order valence-corrected chi connectivity index (χ4v) is 5.05. The van der Waals surface area contributed by atoms with E-state index in [-0.39, 0.29) is 30.2 Å². The summed E-state index contributed by atoms with van der Waals surface area (Å²) in [6, 6.07) is 6.23. The Labute approximate surface area is 125 Å². The molecule has 4 nitrogen and oxygen atoms in total. The molecule has 2 aliphatic heterocycles. The molecule has 21 heavy (non-hydrogen) atoms. The van der Waals surface area contributed by atoms with Gasteiger partial charge in [0.15, 0.2) is 0 Å². The zero-order valence-electron chi connectivity index (χ0n) is 12.2. The fourth-order valence-electron chi connectivity index (χ4n) is 3.29. The molecule has 0 spiro atoms. The topological polar surface area (TPSA) is 54.5 Å². The van der Waals surface area contributed by atoms with Crippen LogP contribution in [0.2, 0.25) is 0 Å². The molecule has 2 aliphatic rings. The standard InChI is InChI=1S/C16H19NO3S/c1-3-14-15-9-6-12(10-16(14)18)17(15)21(19,20)13-7-4-11(2)5-8-13/h4-9,12,14-15H,3,10H2,1-2H3. The van der Waals surface area contributed by atoms with Gasteiger partial charge in [0.2, 0.25) is 10.0 Å². The van der Waals surface area contributed by atoms with Crippen LogP contribution < -0.4 is 0 Å². The second-order valence-corrected chi connectivity index (χ2v) is 7.62. The monoisotopic (exact) mass is 305 g/mol. The third-order valence-corrected chi connectivity index (χ3v) is 6.36. The van der Waals surface area contributed by atoms with E-state index in [2.05, 4.69) is 0 Å². The number of nitrogens with zero attached hydrogens (tertiary/aromatic N) is 1. The lowest BCUT2D eigenvalue weighted by Crippen LogP contribution is -2.52. The number of aryl methyl sites for hydroxylation is 1. The van der Waals surface area contributed by atoms with Crippen molar-refractivity contribution in [2.45, 2.75) is 43.7 Å². The molecule has 1 saturated heterocycles. The molecule has 0 aromatic heterocycles. The Morgan fingerprint density at radius 2 is 1.86 bits per heavy atom. The van der Waals surface area contributed by atoms with E-state index in [4.69, 9.17) is 0 Å². The lowest BCUT2D eigenvalue weighted by Gasteiger charge is -2.37. The summed E-state index contributed by atoms with van der Waals surface area (Å²) in [7, 11) is -3.56. The van der Waals surface area contributed by atoms with Crippen molar-refractivity contribution in [3.63, 3.8) is 0 Å². The summed E-state index contributed by atoms with van der Waals surface area (Å²) in [4.78, 5) is 12.4. The van der Waals surface area contributed by atoms with Gasteiger partial charge in [-0.2, -0.15) is 4.31 Å². The van der Waals surface area contributed by atoms with Crippen LogP contribution in [0.5, 0.6) is 0 Å². The minimum Gasteiger partial charge on any atom is -0.299 e. The van der Waals surface area contributed by atoms with Crippen molar-refractivity contribution in [2.24, 2.45) is 5.92 Å². The molecule has 0 amide bonds. The number of ketones is 1. The minimum atomic E-state index is -3.56. The van der Waals surface area contributed by atoms with E-state index in [9.17, 15) is 13.2 Å². The summed E-state index contributed by atoms with van der Waals surface area (Å²) in [5.41, 5.74) is 1.02. The number of hydrogen-bond acceptors (Lipinski definition) is 3. The third-order valence-electron chi connectivity index (χ3n) is 4.42. The van der Waals surface area contributed by atoms with Crippen LogP contribution in [0.3, 0.4) is 0 Å². The van der Waals surface area contributed by atoms with Crippen molar-refractivity contribution in [2.75, 3.05) is 0 Å². The molecule has 1 aromatic rings. The van der Waals surface area contributed by atoms with Gasteiger partial charge in [-0.05, 0) is 25.5 Å². The van der Waals surface area contributed by atoms with E-state index in [1.165, 1.54) is 4.31 Å². The maximum Gasteiger partial charge on any atom is 0.244 e. The first-order valence-electron chi connectivity index (χ1n) is 7.26. The lowest BCUT2D eigenvalue weighted by atomic mass is 9.88. The summed E-state index contributed by atoms with van der Waals surface area (Å²) in [5.74, 6) is -0.0481. The Hall–Kier alpha value is -1.46. The van der Waals surface area contributed by atoms with Gasteiger partial charge in [0.1, 0.15) is 5.78 Å². The van der Waals surface area contributed by atoms with Crippen molar-refractivity contribution in [3.8, 4) is 0 Å². The van der Waals surface area contributed by atoms with E-state index >= 15 is 0 Å². The molecule has 3 atom stereocenters. The summed E-state index contributed by atoms with van der Waals surface area (Å²) < 4.78 is 27.3. The van der Waals surface area contributed by atoms with Gasteiger partial charge in [0.25, 0.3) is 0 Å². The Morgan fingerprint density at radius 1 is 1.19 bits per heavy atom. The van der Waals surface area contributed by atoms with Gasteiger partial charge in [-0.25, -0.2) is 8.42 Å². The van der Waals surface area contributed by atoms with E-state index in [0.29, 0.717) is 11.3 Å². The van der Waals surface area contributed by atoms with Crippen molar-refractivity contribution < 1.29 is 13.2 Å². The van der Waals surface area contributed by atoms with E-state index in [1.54, 1.807) is 24.3 Å². The highest BCUT2D eigenvalue weighted by molar-refractivity contribution is 7.89. The number of carbonyl (C=O) groups excluding carboxylic acids is 1. The SMILES string of the molecule is CCC1C(=O)CC2C=CC1N2S(=O)(=O)c1ccc(C)cc1. The maximum absolute atomic E-state index is 12.9. The van der Waals surface area contributed by atoms with E-state index < -0.39 is 10.0 Å². The second-order valence-electron chi connectivity index (χ2n) is 5.78. The maximum atomic E-state index is 12.9. The van der Waals surface area contributed by atoms with Crippen LogP contribution in [0, 0.1) is 12.8 Å². The van der Waals surface area contributed by atoms with Gasteiger partial charge < -0.3 is 0 Å². The van der Waals surface area contributed by atoms with Crippen LogP contribution in [0.1, 0.15) is 25.3 Å². The molecule has 0 saturated carbocycles. The number of sulfonamides is 1. The highest BCUT2D eigenvalue weighted by Crippen LogP contribution is 2.38. The number of rotatable bonds is 3. The molecule has 0 N–H and O–H groups in total. The fraction of sp³-hybridized carbons (Fsp3) is 0.438. The average Bonchev–Trinajstić information content (AvgIpc) is 2.77. The molecule has 0 radical (unpaired) electrons. The van der Waals surface area contributed by atoms with E-state index in [1.807, 2.05) is 26.0 Å². The van der Waals surface area contributed by atoms with Gasteiger partial charge in [0, 0.05) is 12.3 Å². The van der Waals surface area contributed by atoms with Crippen molar-refractivity contribution in [1.82, 2.24) is 4.31 Å². The van der Waals surface area contributed by atoms with Gasteiger partial charge in [-0.3, -0.25) is 4.79 Å². The highest BCUT2D eigenvalue weighted by atomic mass is 32.2. The zero-order valence-corrected chi connectivity index (χ0v) is 13.0. The number of hydrogen-bond donors (Lipinski definition) is 0. The van der Waals surface area contributed by atoms with Crippen LogP contribution in [-0.4, -0.2) is 30.6 Å². The number of Topliss-reactive ketones (excluding diaryl/α,β-unsaturated/α-hetero) is 1. The van der Waals surface area contributed by atoms with E-state index in [0.717, 1.165) is 5.56 Å². The second kappa shape index (κ2) is 5.07. The number of piperidine rings is 1. The Balaban J connectivity index is 2.00. The molecular weight excluding hydrogens is 286 g/mol. The summed E-state index contributed by atoms with van der Waals surface area (Å²) in [6.07, 6.45) is 4.70. The quantitative estimate of drug-likeness (QED) is 0.805. The molecule has 3 unspecified atom stereocenters. The summed E-state index contributed by atoms with van der Waals surface area (Å²) >= 11 is 0. The smallest absolute Gasteiger partial charge is 0.244 e. The largest absolute Gasteiger partial charge is 0.299 e. The third kappa shape index (κ3) is 2.24. The van der Waals surface area contributed by atoms with Crippen LogP contribution >= 0.6 is 0 Å². The van der Waals surface area contributed by atoms with Crippen LogP contribution in [0.4, 0.5) is 0 Å². The molecular formula is C16H19NO3S. The van der Waals surface area contributed by atoms with Gasteiger partial charge in [0.05, 0.1) is 17.0 Å². The van der Waals surface area contributed by atoms with Crippen molar-refractivity contribution in [1.29, 1.82) is 0 Å². The molecule has 1 aromatic carbocycles. The molecule has 3 rings (SSSR count). The highest BCUT2D eigenvalue weighted by Gasteiger charge is 2.48. The van der Waals surface area contributed by atoms with Crippen molar-refractivity contribution >= 4 is 15.8 Å². The molecule has 2 bridgehead atoms. The first-order valence-corrected chi connectivity index (χ1v) is 8.70.